The molecule has 0 aliphatic rings. The van der Waals surface area contributed by atoms with Crippen LogP contribution in [0.15, 0.2) is 85.1 Å². The molecule has 138 valence electrons. The molecular formula is C25H17N3S. The Bertz CT molecular complexity index is 1510. The van der Waals surface area contributed by atoms with E-state index in [0.29, 0.717) is 0 Å². The van der Waals surface area contributed by atoms with E-state index in [1.165, 1.54) is 20.2 Å². The summed E-state index contributed by atoms with van der Waals surface area (Å²) >= 11 is 1.83. The largest absolute Gasteiger partial charge is 0.277 e. The van der Waals surface area contributed by atoms with Crippen LogP contribution in [0.5, 0.6) is 0 Å². The Morgan fingerprint density at radius 1 is 0.828 bits per heavy atom. The molecule has 6 aromatic rings. The SMILES string of the molecule is Cc1cnc2c(c1)nc(-c1cccc3c1sc1ccccc13)n2-c1ccccc1. The standard InChI is InChI=1S/C25H17N3S/c1-16-14-21-25(26-15-16)28(17-8-3-2-4-9-17)24(27-21)20-12-7-11-19-18-10-5-6-13-22(18)29-23(19)20/h2-15H,1H3. The minimum Gasteiger partial charge on any atom is -0.277 e. The summed E-state index contributed by atoms with van der Waals surface area (Å²) in [6.07, 6.45) is 1.91. The van der Waals surface area contributed by atoms with Crippen LogP contribution in [0.2, 0.25) is 0 Å². The molecule has 0 aliphatic carbocycles. The molecule has 3 heterocycles. The van der Waals surface area contributed by atoms with Crippen molar-refractivity contribution in [3.63, 3.8) is 0 Å². The number of benzene rings is 3. The van der Waals surface area contributed by atoms with Gasteiger partial charge in [-0.1, -0.05) is 48.5 Å². The third kappa shape index (κ3) is 2.50. The molecule has 3 nitrogen and oxygen atoms in total. The van der Waals surface area contributed by atoms with E-state index in [2.05, 4.69) is 84.3 Å². The highest BCUT2D eigenvalue weighted by Gasteiger charge is 2.19. The predicted molar refractivity (Wildman–Crippen MR) is 122 cm³/mol. The van der Waals surface area contributed by atoms with Crippen molar-refractivity contribution >= 4 is 42.7 Å². The molecule has 0 radical (unpaired) electrons. The zero-order valence-corrected chi connectivity index (χ0v) is 16.6. The van der Waals surface area contributed by atoms with Gasteiger partial charge < -0.3 is 0 Å². The molecule has 0 spiro atoms. The zero-order valence-electron chi connectivity index (χ0n) is 15.8. The molecule has 0 fully saturated rings. The smallest absolute Gasteiger partial charge is 0.164 e. The number of thiophene rings is 1. The second-order valence-electron chi connectivity index (χ2n) is 7.24. The summed E-state index contributed by atoms with van der Waals surface area (Å²) in [4.78, 5) is 9.78. The molecule has 0 bridgehead atoms. The zero-order chi connectivity index (χ0) is 19.4. The Labute approximate surface area is 171 Å². The average Bonchev–Trinajstić information content (AvgIpc) is 3.32. The normalized spacial score (nSPS) is 11.6. The summed E-state index contributed by atoms with van der Waals surface area (Å²) in [5, 5.41) is 2.57. The molecule has 29 heavy (non-hydrogen) atoms. The van der Waals surface area contributed by atoms with Crippen molar-refractivity contribution in [3.05, 3.63) is 90.6 Å². The molecule has 4 heteroatoms. The fourth-order valence-corrected chi connectivity index (χ4v) is 5.20. The first-order valence-corrected chi connectivity index (χ1v) is 10.4. The predicted octanol–water partition coefficient (Wildman–Crippen LogP) is 6.76. The van der Waals surface area contributed by atoms with E-state index in [4.69, 9.17) is 9.97 Å². The van der Waals surface area contributed by atoms with Crippen molar-refractivity contribution in [1.82, 2.24) is 14.5 Å². The van der Waals surface area contributed by atoms with Crippen molar-refractivity contribution in [2.24, 2.45) is 0 Å². The lowest BCUT2D eigenvalue weighted by Gasteiger charge is -2.09. The highest BCUT2D eigenvalue weighted by Crippen LogP contribution is 2.40. The molecule has 0 unspecified atom stereocenters. The van der Waals surface area contributed by atoms with Gasteiger partial charge in [0.05, 0.1) is 0 Å². The molecule has 3 aromatic heterocycles. The molecular weight excluding hydrogens is 374 g/mol. The van der Waals surface area contributed by atoms with E-state index in [1.54, 1.807) is 0 Å². The Hall–Kier alpha value is -3.50. The minimum atomic E-state index is 0.884. The van der Waals surface area contributed by atoms with E-state index in [9.17, 15) is 0 Å². The number of para-hydroxylation sites is 1. The first-order valence-electron chi connectivity index (χ1n) is 9.61. The maximum absolute atomic E-state index is 5.05. The number of hydrogen-bond donors (Lipinski definition) is 0. The van der Waals surface area contributed by atoms with Gasteiger partial charge in [0.1, 0.15) is 11.3 Å². The van der Waals surface area contributed by atoms with Gasteiger partial charge in [-0.25, -0.2) is 9.97 Å². The van der Waals surface area contributed by atoms with Crippen molar-refractivity contribution < 1.29 is 0 Å². The van der Waals surface area contributed by atoms with Gasteiger partial charge in [0.25, 0.3) is 0 Å². The van der Waals surface area contributed by atoms with Crippen LogP contribution < -0.4 is 0 Å². The fourth-order valence-electron chi connectivity index (χ4n) is 3.99. The number of pyridine rings is 1. The topological polar surface area (TPSA) is 30.7 Å². The van der Waals surface area contributed by atoms with Crippen LogP contribution in [-0.2, 0) is 0 Å². The van der Waals surface area contributed by atoms with Crippen LogP contribution in [0, 0.1) is 6.92 Å². The Morgan fingerprint density at radius 2 is 1.62 bits per heavy atom. The van der Waals surface area contributed by atoms with Crippen molar-refractivity contribution in [1.29, 1.82) is 0 Å². The number of imidazole rings is 1. The lowest BCUT2D eigenvalue weighted by atomic mass is 10.1. The minimum absolute atomic E-state index is 0.884. The van der Waals surface area contributed by atoms with Crippen LogP contribution in [0.25, 0.3) is 48.4 Å². The number of aryl methyl sites for hydroxylation is 1. The molecule has 0 saturated heterocycles. The van der Waals surface area contributed by atoms with Gasteiger partial charge in [0.15, 0.2) is 5.65 Å². The molecule has 0 aliphatic heterocycles. The maximum Gasteiger partial charge on any atom is 0.164 e. The molecule has 0 amide bonds. The van der Waals surface area contributed by atoms with Crippen LogP contribution >= 0.6 is 11.3 Å². The number of aromatic nitrogens is 3. The fraction of sp³-hybridized carbons (Fsp3) is 0.0400. The number of hydrogen-bond acceptors (Lipinski definition) is 3. The van der Waals surface area contributed by atoms with Gasteiger partial charge in [0.2, 0.25) is 0 Å². The Kier molecular flexibility index (Phi) is 3.55. The van der Waals surface area contributed by atoms with E-state index in [1.807, 2.05) is 23.6 Å². The van der Waals surface area contributed by atoms with E-state index in [-0.39, 0.29) is 0 Å². The second-order valence-corrected chi connectivity index (χ2v) is 8.29. The van der Waals surface area contributed by atoms with Crippen LogP contribution in [0.3, 0.4) is 0 Å². The summed E-state index contributed by atoms with van der Waals surface area (Å²) in [7, 11) is 0. The van der Waals surface area contributed by atoms with Gasteiger partial charge in [-0.3, -0.25) is 4.57 Å². The number of nitrogens with zero attached hydrogens (tertiary/aromatic N) is 3. The summed E-state index contributed by atoms with van der Waals surface area (Å²) in [6.45, 7) is 2.06. The molecule has 0 N–H and O–H groups in total. The van der Waals surface area contributed by atoms with Crippen LogP contribution in [-0.4, -0.2) is 14.5 Å². The van der Waals surface area contributed by atoms with Gasteiger partial charge in [-0.05, 0) is 42.8 Å². The number of rotatable bonds is 2. The third-order valence-electron chi connectivity index (χ3n) is 5.29. The van der Waals surface area contributed by atoms with Crippen molar-refractivity contribution in [2.75, 3.05) is 0 Å². The maximum atomic E-state index is 5.05. The molecule has 3 aromatic carbocycles. The summed E-state index contributed by atoms with van der Waals surface area (Å²) < 4.78 is 4.73. The van der Waals surface area contributed by atoms with E-state index in [0.717, 1.165) is 33.8 Å². The monoisotopic (exact) mass is 391 g/mol. The first-order chi connectivity index (χ1) is 14.3. The lowest BCUT2D eigenvalue weighted by molar-refractivity contribution is 1.08. The van der Waals surface area contributed by atoms with Gasteiger partial charge in [0, 0.05) is 37.6 Å². The quantitative estimate of drug-likeness (QED) is 0.326. The highest BCUT2D eigenvalue weighted by atomic mass is 32.1. The average molecular weight is 391 g/mol. The molecule has 0 saturated carbocycles. The van der Waals surface area contributed by atoms with Crippen LogP contribution in [0.4, 0.5) is 0 Å². The molecule has 6 rings (SSSR count). The van der Waals surface area contributed by atoms with Crippen molar-refractivity contribution in [3.8, 4) is 17.1 Å². The van der Waals surface area contributed by atoms with Crippen LogP contribution in [0.1, 0.15) is 5.56 Å². The third-order valence-corrected chi connectivity index (χ3v) is 6.51. The lowest BCUT2D eigenvalue weighted by Crippen LogP contribution is -1.98. The number of fused-ring (bicyclic) bond motifs is 4. The van der Waals surface area contributed by atoms with E-state index >= 15 is 0 Å². The van der Waals surface area contributed by atoms with Crippen molar-refractivity contribution in [2.45, 2.75) is 6.92 Å². The first kappa shape index (κ1) is 16.5. The van der Waals surface area contributed by atoms with Gasteiger partial charge >= 0.3 is 0 Å². The summed E-state index contributed by atoms with van der Waals surface area (Å²) in [6, 6.07) is 27.6. The Morgan fingerprint density at radius 3 is 2.52 bits per heavy atom. The highest BCUT2D eigenvalue weighted by molar-refractivity contribution is 7.26. The summed E-state index contributed by atoms with van der Waals surface area (Å²) in [5.74, 6) is 0.932. The van der Waals surface area contributed by atoms with E-state index < -0.39 is 0 Å². The van der Waals surface area contributed by atoms with Gasteiger partial charge in [-0.15, -0.1) is 11.3 Å². The molecule has 0 atom stereocenters. The second kappa shape index (κ2) is 6.26. The van der Waals surface area contributed by atoms with Gasteiger partial charge in [-0.2, -0.15) is 0 Å². The summed E-state index contributed by atoms with van der Waals surface area (Å²) in [5.41, 5.74) is 5.13. The Balaban J connectivity index is 1.74.